The number of urea groups is 1. The number of hydrazine groups is 1. The third-order valence-electron chi connectivity index (χ3n) is 4.76. The fraction of sp³-hybridized carbons (Fsp3) is 0.130. The molecule has 0 heterocycles. The van der Waals surface area contributed by atoms with Crippen molar-refractivity contribution in [2.24, 2.45) is 0 Å². The number of carbonyl (C=O) groups excluding carboxylic acids is 2. The zero-order chi connectivity index (χ0) is 24.0. The van der Waals surface area contributed by atoms with E-state index in [2.05, 4.69) is 16.2 Å². The van der Waals surface area contributed by atoms with Crippen LogP contribution in [0.25, 0.3) is 0 Å². The van der Waals surface area contributed by atoms with Gasteiger partial charge in [-0.1, -0.05) is 42.0 Å². The van der Waals surface area contributed by atoms with Crippen molar-refractivity contribution < 1.29 is 22.4 Å². The zero-order valence-corrected chi connectivity index (χ0v) is 18.8. The summed E-state index contributed by atoms with van der Waals surface area (Å²) in [5, 5.41) is 2.28. The van der Waals surface area contributed by atoms with E-state index in [-0.39, 0.29) is 22.7 Å². The van der Waals surface area contributed by atoms with E-state index in [0.29, 0.717) is 5.56 Å². The minimum atomic E-state index is -3.65. The minimum absolute atomic E-state index is 0.0293. The Morgan fingerprint density at radius 2 is 1.55 bits per heavy atom. The summed E-state index contributed by atoms with van der Waals surface area (Å²) >= 11 is 0. The van der Waals surface area contributed by atoms with Gasteiger partial charge >= 0.3 is 6.03 Å². The highest BCUT2D eigenvalue weighted by Gasteiger charge is 2.20. The first-order valence-corrected chi connectivity index (χ1v) is 11.3. The fourth-order valence-corrected chi connectivity index (χ4v) is 4.05. The van der Waals surface area contributed by atoms with Crippen LogP contribution in [0.5, 0.6) is 0 Å². The smallest absolute Gasteiger partial charge is 0.304 e. The summed E-state index contributed by atoms with van der Waals surface area (Å²) in [5.74, 6) is -1.20. The highest BCUT2D eigenvalue weighted by Crippen LogP contribution is 2.18. The summed E-state index contributed by atoms with van der Waals surface area (Å²) in [5.41, 5.74) is 6.21. The molecule has 3 aromatic carbocycles. The van der Waals surface area contributed by atoms with Gasteiger partial charge in [-0.25, -0.2) is 23.0 Å². The molecule has 3 aromatic rings. The number of anilines is 1. The lowest BCUT2D eigenvalue weighted by Crippen LogP contribution is -2.44. The Balaban J connectivity index is 1.55. The lowest BCUT2D eigenvalue weighted by molar-refractivity contribution is 0.0938. The Bertz CT molecular complexity index is 1250. The van der Waals surface area contributed by atoms with Crippen molar-refractivity contribution in [3.8, 4) is 0 Å². The van der Waals surface area contributed by atoms with E-state index in [9.17, 15) is 22.4 Å². The molecule has 3 N–H and O–H groups in total. The molecular formula is C23H23FN4O4S. The highest BCUT2D eigenvalue weighted by molar-refractivity contribution is 7.89. The van der Waals surface area contributed by atoms with Crippen molar-refractivity contribution in [3.05, 3.63) is 95.3 Å². The summed E-state index contributed by atoms with van der Waals surface area (Å²) in [7, 11) is -2.17. The molecule has 0 radical (unpaired) electrons. The summed E-state index contributed by atoms with van der Waals surface area (Å²) in [6, 6.07) is 17.7. The molecule has 3 amide bonds. The number of benzene rings is 3. The van der Waals surface area contributed by atoms with Gasteiger partial charge in [-0.15, -0.1) is 0 Å². The Morgan fingerprint density at radius 3 is 2.18 bits per heavy atom. The maximum atomic E-state index is 13.6. The van der Waals surface area contributed by atoms with Crippen LogP contribution in [0.1, 0.15) is 21.5 Å². The second-order valence-electron chi connectivity index (χ2n) is 7.28. The standard InChI is InChI=1S/C23H23FN4O4S/c1-16-7-13-19(14-8-16)33(31,32)28(2)15-17-9-11-18(12-10-17)22(29)26-27-23(30)25-21-6-4-3-5-20(21)24/h3-14H,15H2,1-2H3,(H,26,29)(H2,25,27,30). The number of amides is 3. The van der Waals surface area contributed by atoms with E-state index in [1.54, 1.807) is 42.5 Å². The van der Waals surface area contributed by atoms with Crippen LogP contribution >= 0.6 is 0 Å². The van der Waals surface area contributed by atoms with Gasteiger partial charge in [-0.2, -0.15) is 4.31 Å². The van der Waals surface area contributed by atoms with Crippen LogP contribution in [0.3, 0.4) is 0 Å². The molecule has 0 unspecified atom stereocenters. The topological polar surface area (TPSA) is 108 Å². The van der Waals surface area contributed by atoms with Crippen molar-refractivity contribution in [2.75, 3.05) is 12.4 Å². The summed E-state index contributed by atoms with van der Waals surface area (Å²) < 4.78 is 40.2. The number of para-hydroxylation sites is 1. The van der Waals surface area contributed by atoms with Crippen LogP contribution in [0, 0.1) is 12.7 Å². The lowest BCUT2D eigenvalue weighted by atomic mass is 10.1. The van der Waals surface area contributed by atoms with Crippen molar-refractivity contribution in [3.63, 3.8) is 0 Å². The SMILES string of the molecule is Cc1ccc(S(=O)(=O)N(C)Cc2ccc(C(=O)NNC(=O)Nc3ccccc3F)cc2)cc1. The number of sulfonamides is 1. The molecule has 8 nitrogen and oxygen atoms in total. The Hall–Kier alpha value is -3.76. The van der Waals surface area contributed by atoms with Crippen LogP contribution < -0.4 is 16.2 Å². The van der Waals surface area contributed by atoms with Crippen LogP contribution in [0.2, 0.25) is 0 Å². The number of nitrogens with one attached hydrogen (secondary N) is 3. The molecule has 3 rings (SSSR count). The first-order chi connectivity index (χ1) is 15.7. The summed E-state index contributed by atoms with van der Waals surface area (Å²) in [6.07, 6.45) is 0. The maximum absolute atomic E-state index is 13.6. The minimum Gasteiger partial charge on any atom is -0.304 e. The number of hydrogen-bond donors (Lipinski definition) is 3. The van der Waals surface area contributed by atoms with Crippen molar-refractivity contribution >= 4 is 27.6 Å². The predicted octanol–water partition coefficient (Wildman–Crippen LogP) is 3.42. The molecule has 10 heteroatoms. The third kappa shape index (κ3) is 6.15. The average Bonchev–Trinajstić information content (AvgIpc) is 2.79. The number of carbonyl (C=O) groups is 2. The van der Waals surface area contributed by atoms with Gasteiger partial charge in [0, 0.05) is 19.2 Å². The zero-order valence-electron chi connectivity index (χ0n) is 18.0. The van der Waals surface area contributed by atoms with Gasteiger partial charge in [0.2, 0.25) is 10.0 Å². The van der Waals surface area contributed by atoms with Gasteiger partial charge in [-0.3, -0.25) is 10.2 Å². The molecule has 0 aromatic heterocycles. The first-order valence-electron chi connectivity index (χ1n) is 9.90. The molecule has 0 spiro atoms. The quantitative estimate of drug-likeness (QED) is 0.480. The normalized spacial score (nSPS) is 11.2. The van der Waals surface area contributed by atoms with Crippen LogP contribution in [-0.2, 0) is 16.6 Å². The summed E-state index contributed by atoms with van der Waals surface area (Å²) in [4.78, 5) is 24.3. The Kier molecular flexibility index (Phi) is 7.41. The fourth-order valence-electron chi connectivity index (χ4n) is 2.90. The van der Waals surface area contributed by atoms with E-state index in [1.165, 1.54) is 41.7 Å². The molecule has 0 saturated heterocycles. The van der Waals surface area contributed by atoms with Gasteiger partial charge in [0.05, 0.1) is 10.6 Å². The second-order valence-corrected chi connectivity index (χ2v) is 9.33. The number of nitrogens with zero attached hydrogens (tertiary/aromatic N) is 1. The predicted molar refractivity (Wildman–Crippen MR) is 122 cm³/mol. The lowest BCUT2D eigenvalue weighted by Gasteiger charge is -2.17. The molecule has 33 heavy (non-hydrogen) atoms. The first kappa shape index (κ1) is 23.9. The largest absolute Gasteiger partial charge is 0.338 e. The molecule has 0 bridgehead atoms. The number of hydrogen-bond acceptors (Lipinski definition) is 4. The van der Waals surface area contributed by atoms with Crippen molar-refractivity contribution in [1.82, 2.24) is 15.2 Å². The average molecular weight is 471 g/mol. The van der Waals surface area contributed by atoms with Crippen LogP contribution in [0.15, 0.2) is 77.7 Å². The molecule has 0 fully saturated rings. The summed E-state index contributed by atoms with van der Waals surface area (Å²) in [6.45, 7) is 1.99. The van der Waals surface area contributed by atoms with Gasteiger partial charge in [0.15, 0.2) is 0 Å². The number of rotatable bonds is 6. The van der Waals surface area contributed by atoms with Crippen molar-refractivity contribution in [1.29, 1.82) is 0 Å². The number of halogens is 1. The Labute approximate surface area is 191 Å². The van der Waals surface area contributed by atoms with Crippen molar-refractivity contribution in [2.45, 2.75) is 18.4 Å². The number of aryl methyl sites for hydroxylation is 1. The van der Waals surface area contributed by atoms with E-state index in [0.717, 1.165) is 5.56 Å². The maximum Gasteiger partial charge on any atom is 0.338 e. The van der Waals surface area contributed by atoms with Gasteiger partial charge < -0.3 is 5.32 Å². The highest BCUT2D eigenvalue weighted by atomic mass is 32.2. The van der Waals surface area contributed by atoms with Crippen LogP contribution in [-0.4, -0.2) is 31.7 Å². The molecule has 0 aliphatic carbocycles. The third-order valence-corrected chi connectivity index (χ3v) is 6.58. The van der Waals surface area contributed by atoms with E-state index in [1.807, 2.05) is 6.92 Å². The van der Waals surface area contributed by atoms with Crippen LogP contribution in [0.4, 0.5) is 14.9 Å². The van der Waals surface area contributed by atoms with Gasteiger partial charge in [0.1, 0.15) is 5.82 Å². The van der Waals surface area contributed by atoms with E-state index in [4.69, 9.17) is 0 Å². The molecule has 0 atom stereocenters. The molecule has 172 valence electrons. The van der Waals surface area contributed by atoms with E-state index >= 15 is 0 Å². The molecule has 0 aliphatic heterocycles. The van der Waals surface area contributed by atoms with Gasteiger partial charge in [-0.05, 0) is 48.9 Å². The molecular weight excluding hydrogens is 447 g/mol. The van der Waals surface area contributed by atoms with E-state index < -0.39 is 27.8 Å². The molecule has 0 aliphatic rings. The molecule has 0 saturated carbocycles. The second kappa shape index (κ2) is 10.2. The van der Waals surface area contributed by atoms with Gasteiger partial charge in [0.25, 0.3) is 5.91 Å². The monoisotopic (exact) mass is 470 g/mol. The Morgan fingerprint density at radius 1 is 0.909 bits per heavy atom.